The van der Waals surface area contributed by atoms with Crippen LogP contribution in [0.5, 0.6) is 0 Å². The molecule has 0 bridgehead atoms. The van der Waals surface area contributed by atoms with E-state index in [1.807, 2.05) is 6.92 Å². The number of aromatic nitrogens is 3. The fraction of sp³-hybridized carbons (Fsp3) is 0.444. The van der Waals surface area contributed by atoms with Crippen LogP contribution >= 0.6 is 0 Å². The first-order chi connectivity index (χ1) is 12.5. The summed E-state index contributed by atoms with van der Waals surface area (Å²) in [6.45, 7) is 4.46. The number of hydrogen-bond acceptors (Lipinski definition) is 5. The largest absolute Gasteiger partial charge is 0.366 e. The number of nitrogens with zero attached hydrogens (tertiary/aromatic N) is 3. The van der Waals surface area contributed by atoms with Gasteiger partial charge in [-0.3, -0.25) is 14.7 Å². The number of rotatable bonds is 6. The first-order valence-corrected chi connectivity index (χ1v) is 8.82. The Labute approximate surface area is 152 Å². The molecule has 1 aromatic heterocycles. The van der Waals surface area contributed by atoms with Gasteiger partial charge in [-0.15, -0.1) is 0 Å². The number of carbonyl (C=O) groups excluding carboxylic acids is 2. The summed E-state index contributed by atoms with van der Waals surface area (Å²) in [4.78, 5) is 30.0. The van der Waals surface area contributed by atoms with Crippen LogP contribution in [0.1, 0.15) is 47.2 Å². The lowest BCUT2D eigenvalue weighted by atomic mass is 9.97. The van der Waals surface area contributed by atoms with Gasteiger partial charge in [-0.1, -0.05) is 0 Å². The summed E-state index contributed by atoms with van der Waals surface area (Å²) >= 11 is 0. The van der Waals surface area contributed by atoms with E-state index >= 15 is 0 Å². The Morgan fingerprint density at radius 3 is 2.77 bits per heavy atom. The summed E-state index contributed by atoms with van der Waals surface area (Å²) in [6.07, 6.45) is 2.57. The maximum atomic E-state index is 12.2. The van der Waals surface area contributed by atoms with Crippen molar-refractivity contribution < 1.29 is 9.59 Å². The topological polar surface area (TPSA) is 117 Å². The smallest absolute Gasteiger partial charge is 0.248 e. The second-order valence-corrected chi connectivity index (χ2v) is 6.66. The minimum absolute atomic E-state index is 0.0484. The van der Waals surface area contributed by atoms with E-state index < -0.39 is 5.91 Å². The number of carbonyl (C=O) groups is 2. The molecular weight excluding hydrogens is 332 g/mol. The van der Waals surface area contributed by atoms with Crippen LogP contribution in [0.2, 0.25) is 0 Å². The van der Waals surface area contributed by atoms with Crippen molar-refractivity contribution in [3.63, 3.8) is 0 Å². The number of aromatic amines is 1. The van der Waals surface area contributed by atoms with E-state index in [1.165, 1.54) is 0 Å². The molecule has 4 N–H and O–H groups in total. The fourth-order valence-electron chi connectivity index (χ4n) is 3.21. The number of primary amides is 1. The van der Waals surface area contributed by atoms with Crippen molar-refractivity contribution in [3.8, 4) is 0 Å². The minimum atomic E-state index is -0.482. The van der Waals surface area contributed by atoms with Gasteiger partial charge in [0.05, 0.1) is 0 Å². The van der Waals surface area contributed by atoms with Crippen LogP contribution in [0.15, 0.2) is 24.3 Å². The van der Waals surface area contributed by atoms with E-state index in [4.69, 9.17) is 5.73 Å². The number of benzene rings is 1. The van der Waals surface area contributed by atoms with Crippen LogP contribution in [0.4, 0.5) is 5.69 Å². The molecule has 0 radical (unpaired) electrons. The zero-order valence-corrected chi connectivity index (χ0v) is 14.9. The van der Waals surface area contributed by atoms with E-state index in [9.17, 15) is 9.59 Å². The van der Waals surface area contributed by atoms with Crippen molar-refractivity contribution >= 4 is 17.5 Å². The Kier molecular flexibility index (Phi) is 5.62. The zero-order valence-electron chi connectivity index (χ0n) is 14.9. The SMILES string of the molecule is Cc1nc([C@H]2CCCN(CCC(=O)Nc3ccc(C(N)=O)cc3)C2)n[nH]1. The minimum Gasteiger partial charge on any atom is -0.366 e. The third kappa shape index (κ3) is 4.66. The van der Waals surface area contributed by atoms with E-state index in [1.54, 1.807) is 24.3 Å². The van der Waals surface area contributed by atoms with Crippen molar-refractivity contribution in [2.24, 2.45) is 5.73 Å². The lowest BCUT2D eigenvalue weighted by Gasteiger charge is -2.31. The molecule has 8 heteroatoms. The molecule has 1 fully saturated rings. The van der Waals surface area contributed by atoms with E-state index in [0.717, 1.165) is 37.6 Å². The molecule has 0 aliphatic carbocycles. The van der Waals surface area contributed by atoms with Crippen LogP contribution in [-0.4, -0.2) is 51.5 Å². The number of H-pyrrole nitrogens is 1. The Hall–Kier alpha value is -2.74. The highest BCUT2D eigenvalue weighted by Crippen LogP contribution is 2.24. The highest BCUT2D eigenvalue weighted by atomic mass is 16.2. The normalized spacial score (nSPS) is 17.8. The van der Waals surface area contributed by atoms with Crippen molar-refractivity contribution in [2.75, 3.05) is 25.0 Å². The molecule has 138 valence electrons. The summed E-state index contributed by atoms with van der Waals surface area (Å²) in [5.74, 6) is 1.49. The van der Waals surface area contributed by atoms with Crippen molar-refractivity contribution in [1.29, 1.82) is 0 Å². The third-order valence-corrected chi connectivity index (χ3v) is 4.59. The first-order valence-electron chi connectivity index (χ1n) is 8.82. The average Bonchev–Trinajstić information content (AvgIpc) is 3.07. The lowest BCUT2D eigenvalue weighted by Crippen LogP contribution is -2.36. The highest BCUT2D eigenvalue weighted by molar-refractivity contribution is 5.94. The van der Waals surface area contributed by atoms with Crippen LogP contribution < -0.4 is 11.1 Å². The number of nitrogens with two attached hydrogens (primary N) is 1. The molecule has 0 saturated carbocycles. The molecule has 26 heavy (non-hydrogen) atoms. The van der Waals surface area contributed by atoms with Gasteiger partial charge in [0.15, 0.2) is 5.82 Å². The molecule has 1 aromatic carbocycles. The molecule has 3 rings (SSSR count). The van der Waals surface area contributed by atoms with Gasteiger partial charge in [-0.25, -0.2) is 4.98 Å². The van der Waals surface area contributed by atoms with Gasteiger partial charge in [0.25, 0.3) is 0 Å². The van der Waals surface area contributed by atoms with Gasteiger partial charge in [0, 0.05) is 36.7 Å². The Balaban J connectivity index is 1.47. The molecule has 1 atom stereocenters. The first kappa shape index (κ1) is 18.1. The number of amides is 2. The standard InChI is InChI=1S/C18H24N6O2/c1-12-20-18(23-22-12)14-3-2-9-24(11-14)10-8-16(25)21-15-6-4-13(5-7-15)17(19)26/h4-7,14H,2-3,8-11H2,1H3,(H2,19,26)(H,21,25)(H,20,22,23)/t14-/m0/s1. The van der Waals surface area contributed by atoms with Gasteiger partial charge in [-0.2, -0.15) is 5.10 Å². The number of nitrogens with one attached hydrogen (secondary N) is 2. The summed E-state index contributed by atoms with van der Waals surface area (Å²) in [7, 11) is 0. The van der Waals surface area contributed by atoms with Gasteiger partial charge < -0.3 is 16.0 Å². The molecular formula is C18H24N6O2. The monoisotopic (exact) mass is 356 g/mol. The number of anilines is 1. The molecule has 1 aliphatic heterocycles. The number of likely N-dealkylation sites (tertiary alicyclic amines) is 1. The van der Waals surface area contributed by atoms with Crippen molar-refractivity contribution in [3.05, 3.63) is 41.5 Å². The van der Waals surface area contributed by atoms with E-state index in [2.05, 4.69) is 25.4 Å². The molecule has 0 unspecified atom stereocenters. The summed E-state index contributed by atoms with van der Waals surface area (Å²) in [5, 5.41) is 10.0. The molecule has 8 nitrogen and oxygen atoms in total. The van der Waals surface area contributed by atoms with Crippen LogP contribution in [0.25, 0.3) is 0 Å². The van der Waals surface area contributed by atoms with Crippen molar-refractivity contribution in [1.82, 2.24) is 20.1 Å². The Morgan fingerprint density at radius 1 is 1.35 bits per heavy atom. The molecule has 0 spiro atoms. The summed E-state index contributed by atoms with van der Waals surface area (Å²) in [6, 6.07) is 6.57. The summed E-state index contributed by atoms with van der Waals surface area (Å²) < 4.78 is 0. The van der Waals surface area contributed by atoms with E-state index in [-0.39, 0.29) is 5.91 Å². The Morgan fingerprint density at radius 2 is 2.12 bits per heavy atom. The van der Waals surface area contributed by atoms with Crippen LogP contribution in [0, 0.1) is 6.92 Å². The van der Waals surface area contributed by atoms with Crippen LogP contribution in [0.3, 0.4) is 0 Å². The molecule has 2 amide bonds. The van der Waals surface area contributed by atoms with Gasteiger partial charge in [0.2, 0.25) is 11.8 Å². The van der Waals surface area contributed by atoms with Crippen molar-refractivity contribution in [2.45, 2.75) is 32.1 Å². The number of aryl methyl sites for hydroxylation is 1. The van der Waals surface area contributed by atoms with Gasteiger partial charge in [0.1, 0.15) is 5.82 Å². The van der Waals surface area contributed by atoms with Gasteiger partial charge in [-0.05, 0) is 50.6 Å². The molecule has 2 aromatic rings. The second-order valence-electron chi connectivity index (χ2n) is 6.66. The average molecular weight is 356 g/mol. The highest BCUT2D eigenvalue weighted by Gasteiger charge is 2.24. The lowest BCUT2D eigenvalue weighted by molar-refractivity contribution is -0.116. The third-order valence-electron chi connectivity index (χ3n) is 4.59. The summed E-state index contributed by atoms with van der Waals surface area (Å²) in [5.41, 5.74) is 6.29. The maximum Gasteiger partial charge on any atom is 0.248 e. The molecule has 2 heterocycles. The second kappa shape index (κ2) is 8.09. The fourth-order valence-corrected chi connectivity index (χ4v) is 3.21. The molecule has 1 aliphatic rings. The number of hydrogen-bond donors (Lipinski definition) is 3. The quantitative estimate of drug-likeness (QED) is 0.724. The predicted molar refractivity (Wildman–Crippen MR) is 97.7 cm³/mol. The molecule has 1 saturated heterocycles. The van der Waals surface area contributed by atoms with E-state index in [0.29, 0.717) is 30.1 Å². The van der Waals surface area contributed by atoms with Gasteiger partial charge >= 0.3 is 0 Å². The maximum absolute atomic E-state index is 12.2. The number of piperidine rings is 1. The predicted octanol–water partition coefficient (Wildman–Crippen LogP) is 1.42. The van der Waals surface area contributed by atoms with Crippen LogP contribution in [-0.2, 0) is 4.79 Å². The zero-order chi connectivity index (χ0) is 18.5. The Bertz CT molecular complexity index is 770.